The van der Waals surface area contributed by atoms with Gasteiger partial charge in [-0.25, -0.2) is 0 Å². The summed E-state index contributed by atoms with van der Waals surface area (Å²) in [5.74, 6) is 2.43. The van der Waals surface area contributed by atoms with Crippen LogP contribution in [0.4, 0.5) is 13.2 Å². The standard InChI is InChI=1S/C10H17F3OSi/c1-6-9(2,3)14-15(4,5)8-7-10(11,12)13/h1H,7-8H2,2-5H3. The monoisotopic (exact) mass is 238 g/mol. The van der Waals surface area contributed by atoms with E-state index >= 15 is 0 Å². The molecule has 15 heavy (non-hydrogen) atoms. The lowest BCUT2D eigenvalue weighted by molar-refractivity contribution is -0.131. The SMILES string of the molecule is C#CC(C)(C)O[Si](C)(C)CCC(F)(F)F. The third-order valence-electron chi connectivity index (χ3n) is 1.89. The van der Waals surface area contributed by atoms with E-state index in [1.54, 1.807) is 26.9 Å². The number of rotatable bonds is 4. The first-order chi connectivity index (χ1) is 6.47. The maximum absolute atomic E-state index is 12.0. The van der Waals surface area contributed by atoms with Crippen LogP contribution in [0.5, 0.6) is 0 Å². The summed E-state index contributed by atoms with van der Waals surface area (Å²) in [6.07, 6.45) is 0.305. The normalized spacial score (nSPS) is 13.7. The zero-order chi connectivity index (χ0) is 12.3. The van der Waals surface area contributed by atoms with Gasteiger partial charge < -0.3 is 4.43 Å². The van der Waals surface area contributed by atoms with E-state index < -0.39 is 26.5 Å². The Morgan fingerprint density at radius 1 is 1.27 bits per heavy atom. The molecule has 0 amide bonds. The molecule has 0 fully saturated rings. The van der Waals surface area contributed by atoms with Crippen LogP contribution in [0.3, 0.4) is 0 Å². The molecule has 0 heterocycles. The van der Waals surface area contributed by atoms with Crippen LogP contribution in [0.1, 0.15) is 20.3 Å². The lowest BCUT2D eigenvalue weighted by Gasteiger charge is -2.31. The van der Waals surface area contributed by atoms with Crippen LogP contribution < -0.4 is 0 Å². The van der Waals surface area contributed by atoms with Crippen molar-refractivity contribution in [3.63, 3.8) is 0 Å². The highest BCUT2D eigenvalue weighted by atomic mass is 28.4. The first-order valence-electron chi connectivity index (χ1n) is 4.72. The fourth-order valence-electron chi connectivity index (χ4n) is 1.21. The zero-order valence-corrected chi connectivity index (χ0v) is 10.5. The van der Waals surface area contributed by atoms with Crippen molar-refractivity contribution in [3.05, 3.63) is 0 Å². The molecule has 0 radical (unpaired) electrons. The van der Waals surface area contributed by atoms with E-state index in [0.717, 1.165) is 0 Å². The molecule has 1 nitrogen and oxygen atoms in total. The largest absolute Gasteiger partial charge is 0.402 e. The summed E-state index contributed by atoms with van der Waals surface area (Å²) < 4.78 is 41.7. The van der Waals surface area contributed by atoms with Gasteiger partial charge in [0.05, 0.1) is 0 Å². The van der Waals surface area contributed by atoms with Crippen molar-refractivity contribution in [1.82, 2.24) is 0 Å². The van der Waals surface area contributed by atoms with Crippen molar-refractivity contribution >= 4 is 8.32 Å². The molecule has 0 aromatic heterocycles. The van der Waals surface area contributed by atoms with Gasteiger partial charge in [-0.1, -0.05) is 5.92 Å². The predicted molar refractivity (Wildman–Crippen MR) is 57.0 cm³/mol. The van der Waals surface area contributed by atoms with Gasteiger partial charge in [0.1, 0.15) is 5.60 Å². The molecule has 0 aromatic carbocycles. The summed E-state index contributed by atoms with van der Waals surface area (Å²) >= 11 is 0. The third-order valence-corrected chi connectivity index (χ3v) is 4.41. The Kier molecular flexibility index (Phi) is 4.44. The molecule has 0 bridgehead atoms. The van der Waals surface area contributed by atoms with Crippen LogP contribution in [-0.4, -0.2) is 20.1 Å². The summed E-state index contributed by atoms with van der Waals surface area (Å²) in [6, 6.07) is 0.0433. The van der Waals surface area contributed by atoms with Gasteiger partial charge in [0.15, 0.2) is 8.32 Å². The van der Waals surface area contributed by atoms with Crippen molar-refractivity contribution in [2.24, 2.45) is 0 Å². The highest BCUT2D eigenvalue weighted by Crippen LogP contribution is 2.28. The molecule has 88 valence electrons. The van der Waals surface area contributed by atoms with Gasteiger partial charge in [0.25, 0.3) is 0 Å². The zero-order valence-electron chi connectivity index (χ0n) is 9.53. The lowest BCUT2D eigenvalue weighted by Crippen LogP contribution is -2.40. The van der Waals surface area contributed by atoms with Crippen LogP contribution in [0, 0.1) is 12.3 Å². The van der Waals surface area contributed by atoms with Crippen LogP contribution in [-0.2, 0) is 4.43 Å². The molecule has 0 spiro atoms. The van der Waals surface area contributed by atoms with E-state index in [9.17, 15) is 13.2 Å². The van der Waals surface area contributed by atoms with Crippen molar-refractivity contribution in [1.29, 1.82) is 0 Å². The molecule has 0 aliphatic heterocycles. The van der Waals surface area contributed by atoms with Gasteiger partial charge >= 0.3 is 6.18 Å². The smallest absolute Gasteiger partial charge is 0.388 e. The van der Waals surface area contributed by atoms with E-state index in [1.807, 2.05) is 0 Å². The summed E-state index contributed by atoms with van der Waals surface area (Å²) in [5, 5.41) is 0. The van der Waals surface area contributed by atoms with Crippen LogP contribution in [0.2, 0.25) is 19.1 Å². The van der Waals surface area contributed by atoms with Crippen LogP contribution in [0.25, 0.3) is 0 Å². The molecular weight excluding hydrogens is 221 g/mol. The van der Waals surface area contributed by atoms with Crippen LogP contribution in [0.15, 0.2) is 0 Å². The fourth-order valence-corrected chi connectivity index (χ4v) is 3.64. The lowest BCUT2D eigenvalue weighted by atomic mass is 10.2. The van der Waals surface area contributed by atoms with Crippen molar-refractivity contribution in [2.75, 3.05) is 0 Å². The van der Waals surface area contributed by atoms with E-state index in [2.05, 4.69) is 5.92 Å². The molecule has 0 unspecified atom stereocenters. The van der Waals surface area contributed by atoms with Crippen LogP contribution >= 0.6 is 0 Å². The van der Waals surface area contributed by atoms with Crippen molar-refractivity contribution < 1.29 is 17.6 Å². The molecule has 0 atom stereocenters. The predicted octanol–water partition coefficient (Wildman–Crippen LogP) is 3.57. The van der Waals surface area contributed by atoms with Gasteiger partial charge in [0.2, 0.25) is 0 Å². The molecule has 0 aliphatic carbocycles. The number of alkyl halides is 3. The Hall–Kier alpha value is -0.473. The molecule has 0 saturated carbocycles. The minimum atomic E-state index is -4.12. The molecule has 0 rings (SSSR count). The van der Waals surface area contributed by atoms with Gasteiger partial charge in [-0.2, -0.15) is 13.2 Å². The third kappa shape index (κ3) is 7.46. The summed E-state index contributed by atoms with van der Waals surface area (Å²) in [7, 11) is -2.33. The van der Waals surface area contributed by atoms with Gasteiger partial charge in [-0.15, -0.1) is 6.42 Å². The van der Waals surface area contributed by atoms with Gasteiger partial charge in [0, 0.05) is 6.42 Å². The Morgan fingerprint density at radius 3 is 2.07 bits per heavy atom. The maximum Gasteiger partial charge on any atom is 0.388 e. The minimum Gasteiger partial charge on any atom is -0.402 e. The van der Waals surface area contributed by atoms with Gasteiger partial charge in [-0.05, 0) is 33.0 Å². The number of hydrogen-bond acceptors (Lipinski definition) is 1. The first-order valence-corrected chi connectivity index (χ1v) is 7.84. The topological polar surface area (TPSA) is 9.23 Å². The maximum atomic E-state index is 12.0. The molecule has 0 N–H and O–H groups in total. The van der Waals surface area contributed by atoms with E-state index in [4.69, 9.17) is 10.8 Å². The summed E-state index contributed by atoms with van der Waals surface area (Å²) in [4.78, 5) is 0. The molecule has 5 heteroatoms. The summed E-state index contributed by atoms with van der Waals surface area (Å²) in [5.41, 5.74) is -0.776. The molecule has 0 saturated heterocycles. The fraction of sp³-hybridized carbons (Fsp3) is 0.800. The number of halogens is 3. The van der Waals surface area contributed by atoms with E-state index in [1.165, 1.54) is 0 Å². The van der Waals surface area contributed by atoms with Crippen molar-refractivity contribution in [2.45, 2.75) is 51.2 Å². The van der Waals surface area contributed by atoms with E-state index in [0.29, 0.717) is 0 Å². The number of terminal acetylenes is 1. The molecule has 0 aliphatic rings. The first kappa shape index (κ1) is 14.5. The Labute approximate surface area is 90.1 Å². The average Bonchev–Trinajstić information content (AvgIpc) is 1.98. The molecule has 0 aromatic rings. The highest BCUT2D eigenvalue weighted by Gasteiger charge is 2.35. The second-order valence-electron chi connectivity index (χ2n) is 4.63. The molecular formula is C10H17F3OSi. The van der Waals surface area contributed by atoms with Crippen molar-refractivity contribution in [3.8, 4) is 12.3 Å². The van der Waals surface area contributed by atoms with E-state index in [-0.39, 0.29) is 6.04 Å². The quantitative estimate of drug-likeness (QED) is 0.537. The second-order valence-corrected chi connectivity index (χ2v) is 8.86. The second kappa shape index (κ2) is 4.58. The number of hydrogen-bond donors (Lipinski definition) is 0. The Morgan fingerprint density at radius 2 is 1.73 bits per heavy atom. The average molecular weight is 238 g/mol. The highest BCUT2D eigenvalue weighted by molar-refractivity contribution is 6.71. The Bertz CT molecular complexity index is 250. The minimum absolute atomic E-state index is 0.0433. The summed E-state index contributed by atoms with van der Waals surface area (Å²) in [6.45, 7) is 6.88. The Balaban J connectivity index is 4.27. The van der Waals surface area contributed by atoms with Gasteiger partial charge in [-0.3, -0.25) is 0 Å².